The van der Waals surface area contributed by atoms with Gasteiger partial charge in [-0.05, 0) is 37.6 Å². The molecule has 2 aromatic carbocycles. The van der Waals surface area contributed by atoms with Crippen LogP contribution in [0, 0.1) is 13.8 Å². The van der Waals surface area contributed by atoms with E-state index in [1.54, 1.807) is 12.1 Å². The van der Waals surface area contributed by atoms with Crippen LogP contribution in [0.3, 0.4) is 0 Å². The molecule has 2 rings (SSSR count). The first-order valence-corrected chi connectivity index (χ1v) is 5.20. The normalized spacial score (nSPS) is 10.1. The van der Waals surface area contributed by atoms with Crippen LogP contribution in [-0.4, -0.2) is 5.11 Å². The van der Waals surface area contributed by atoms with Gasteiger partial charge in [-0.25, -0.2) is 0 Å². The maximum atomic E-state index is 9.57. The van der Waals surface area contributed by atoms with E-state index in [9.17, 15) is 5.11 Å². The Morgan fingerprint density at radius 3 is 2.31 bits per heavy atom. The van der Waals surface area contributed by atoms with Crippen molar-refractivity contribution >= 4 is 0 Å². The van der Waals surface area contributed by atoms with Crippen molar-refractivity contribution in [2.24, 2.45) is 0 Å². The Balaban J connectivity index is 2.35. The lowest BCUT2D eigenvalue weighted by Gasteiger charge is -2.11. The molecule has 0 aliphatic rings. The first kappa shape index (κ1) is 10.6. The fourth-order valence-corrected chi connectivity index (χ4v) is 1.50. The van der Waals surface area contributed by atoms with Crippen molar-refractivity contribution in [3.8, 4) is 17.2 Å². The molecule has 0 aliphatic carbocycles. The number of ether oxygens (including phenoxy) is 1. The quantitative estimate of drug-likeness (QED) is 0.823. The molecule has 0 bridgehead atoms. The average molecular weight is 214 g/mol. The first-order chi connectivity index (χ1) is 7.68. The van der Waals surface area contributed by atoms with Crippen LogP contribution in [0.5, 0.6) is 17.2 Å². The average Bonchev–Trinajstić information content (AvgIpc) is 2.28. The molecule has 0 atom stereocenters. The second-order valence-corrected chi connectivity index (χ2v) is 3.77. The zero-order valence-electron chi connectivity index (χ0n) is 9.40. The molecule has 0 radical (unpaired) electrons. The molecule has 2 heteroatoms. The summed E-state index contributed by atoms with van der Waals surface area (Å²) in [6.45, 7) is 3.83. The molecular weight excluding hydrogens is 200 g/mol. The van der Waals surface area contributed by atoms with E-state index in [0.29, 0.717) is 5.75 Å². The summed E-state index contributed by atoms with van der Waals surface area (Å²) in [6.07, 6.45) is 0. The van der Waals surface area contributed by atoms with Crippen LogP contribution in [0.1, 0.15) is 11.1 Å². The van der Waals surface area contributed by atoms with Crippen LogP contribution in [0.4, 0.5) is 0 Å². The van der Waals surface area contributed by atoms with Gasteiger partial charge >= 0.3 is 0 Å². The van der Waals surface area contributed by atoms with Crippen molar-refractivity contribution in [2.45, 2.75) is 13.8 Å². The lowest BCUT2D eigenvalue weighted by molar-refractivity contribution is 0.447. The minimum absolute atomic E-state index is 0.256. The lowest BCUT2D eigenvalue weighted by Crippen LogP contribution is -1.89. The van der Waals surface area contributed by atoms with E-state index in [-0.39, 0.29) is 5.75 Å². The molecule has 0 amide bonds. The number of hydrogen-bond donors (Lipinski definition) is 1. The van der Waals surface area contributed by atoms with E-state index >= 15 is 0 Å². The number of benzene rings is 2. The summed E-state index contributed by atoms with van der Waals surface area (Å²) in [5, 5.41) is 9.57. The molecule has 0 saturated carbocycles. The third kappa shape index (κ3) is 2.01. The highest BCUT2D eigenvalue weighted by atomic mass is 16.5. The van der Waals surface area contributed by atoms with Crippen LogP contribution in [0.15, 0.2) is 42.5 Å². The smallest absolute Gasteiger partial charge is 0.134 e. The van der Waals surface area contributed by atoms with Crippen molar-refractivity contribution in [3.63, 3.8) is 0 Å². The van der Waals surface area contributed by atoms with Gasteiger partial charge < -0.3 is 9.84 Å². The second kappa shape index (κ2) is 4.27. The number of aromatic hydroxyl groups is 1. The van der Waals surface area contributed by atoms with Gasteiger partial charge in [-0.2, -0.15) is 0 Å². The Kier molecular flexibility index (Phi) is 2.82. The highest BCUT2D eigenvalue weighted by Gasteiger charge is 2.05. The van der Waals surface area contributed by atoms with Gasteiger partial charge in [0.1, 0.15) is 17.2 Å². The summed E-state index contributed by atoms with van der Waals surface area (Å²) in [6, 6.07) is 13.1. The van der Waals surface area contributed by atoms with Crippen LogP contribution in [0.2, 0.25) is 0 Å². The maximum Gasteiger partial charge on any atom is 0.134 e. The molecule has 0 saturated heterocycles. The van der Waals surface area contributed by atoms with Crippen molar-refractivity contribution in [3.05, 3.63) is 53.6 Å². The molecule has 0 fully saturated rings. The van der Waals surface area contributed by atoms with E-state index in [4.69, 9.17) is 4.74 Å². The predicted molar refractivity (Wildman–Crippen MR) is 64.1 cm³/mol. The third-order valence-electron chi connectivity index (χ3n) is 2.57. The van der Waals surface area contributed by atoms with Gasteiger partial charge in [0.05, 0.1) is 0 Å². The predicted octanol–water partition coefficient (Wildman–Crippen LogP) is 3.80. The van der Waals surface area contributed by atoms with Gasteiger partial charge in [0, 0.05) is 5.56 Å². The molecule has 0 heterocycles. The summed E-state index contributed by atoms with van der Waals surface area (Å²) < 4.78 is 5.76. The molecule has 2 nitrogen and oxygen atoms in total. The highest BCUT2D eigenvalue weighted by molar-refractivity contribution is 5.46. The number of aryl methyl sites for hydroxylation is 1. The SMILES string of the molecule is Cc1ccccc1Oc1cccc(O)c1C. The fourth-order valence-electron chi connectivity index (χ4n) is 1.50. The Morgan fingerprint density at radius 1 is 0.875 bits per heavy atom. The van der Waals surface area contributed by atoms with Crippen LogP contribution >= 0.6 is 0 Å². The molecule has 0 aromatic heterocycles. The van der Waals surface area contributed by atoms with Gasteiger partial charge in [-0.3, -0.25) is 0 Å². The summed E-state index contributed by atoms with van der Waals surface area (Å²) >= 11 is 0. The van der Waals surface area contributed by atoms with E-state index in [0.717, 1.165) is 16.9 Å². The van der Waals surface area contributed by atoms with Crippen molar-refractivity contribution in [2.75, 3.05) is 0 Å². The van der Waals surface area contributed by atoms with E-state index in [2.05, 4.69) is 0 Å². The topological polar surface area (TPSA) is 29.5 Å². The zero-order chi connectivity index (χ0) is 11.5. The molecule has 16 heavy (non-hydrogen) atoms. The van der Waals surface area contributed by atoms with Crippen molar-refractivity contribution in [1.29, 1.82) is 0 Å². The molecular formula is C14H14O2. The molecule has 0 spiro atoms. The summed E-state index contributed by atoms with van der Waals surface area (Å²) in [5.74, 6) is 1.76. The van der Waals surface area contributed by atoms with Crippen molar-refractivity contribution in [1.82, 2.24) is 0 Å². The van der Waals surface area contributed by atoms with E-state index < -0.39 is 0 Å². The largest absolute Gasteiger partial charge is 0.508 e. The zero-order valence-corrected chi connectivity index (χ0v) is 9.40. The summed E-state index contributed by atoms with van der Waals surface area (Å²) in [7, 11) is 0. The van der Waals surface area contributed by atoms with Crippen LogP contribution in [0.25, 0.3) is 0 Å². The van der Waals surface area contributed by atoms with Crippen molar-refractivity contribution < 1.29 is 9.84 Å². The third-order valence-corrected chi connectivity index (χ3v) is 2.57. The Bertz CT molecular complexity index is 504. The van der Waals surface area contributed by atoms with Crippen LogP contribution < -0.4 is 4.74 Å². The van der Waals surface area contributed by atoms with Crippen LogP contribution in [-0.2, 0) is 0 Å². The molecule has 1 N–H and O–H groups in total. The summed E-state index contributed by atoms with van der Waals surface area (Å²) in [5.41, 5.74) is 1.83. The number of rotatable bonds is 2. The van der Waals surface area contributed by atoms with Gasteiger partial charge in [0.15, 0.2) is 0 Å². The van der Waals surface area contributed by atoms with Gasteiger partial charge in [-0.15, -0.1) is 0 Å². The Morgan fingerprint density at radius 2 is 1.56 bits per heavy atom. The fraction of sp³-hybridized carbons (Fsp3) is 0.143. The van der Waals surface area contributed by atoms with Gasteiger partial charge in [0.25, 0.3) is 0 Å². The van der Waals surface area contributed by atoms with Gasteiger partial charge in [0.2, 0.25) is 0 Å². The maximum absolute atomic E-state index is 9.57. The van der Waals surface area contributed by atoms with E-state index in [1.807, 2.05) is 44.2 Å². The van der Waals surface area contributed by atoms with Gasteiger partial charge in [-0.1, -0.05) is 24.3 Å². The number of phenols is 1. The summed E-state index contributed by atoms with van der Waals surface area (Å²) in [4.78, 5) is 0. The number of phenolic OH excluding ortho intramolecular Hbond substituents is 1. The highest BCUT2D eigenvalue weighted by Crippen LogP contribution is 2.31. The Labute approximate surface area is 95.1 Å². The first-order valence-electron chi connectivity index (χ1n) is 5.20. The van der Waals surface area contributed by atoms with E-state index in [1.165, 1.54) is 0 Å². The minimum Gasteiger partial charge on any atom is -0.508 e. The molecule has 0 aliphatic heterocycles. The minimum atomic E-state index is 0.256. The standard InChI is InChI=1S/C14H14O2/c1-10-6-3-4-8-13(10)16-14-9-5-7-12(15)11(14)2/h3-9,15H,1-2H3. The number of para-hydroxylation sites is 1. The Hall–Kier alpha value is -1.96. The molecule has 2 aromatic rings. The number of hydrogen-bond acceptors (Lipinski definition) is 2. The lowest BCUT2D eigenvalue weighted by atomic mass is 10.2. The molecule has 82 valence electrons. The monoisotopic (exact) mass is 214 g/mol. The second-order valence-electron chi connectivity index (χ2n) is 3.77. The molecule has 0 unspecified atom stereocenters.